The molecule has 158 valence electrons. The van der Waals surface area contributed by atoms with Gasteiger partial charge in [-0.3, -0.25) is 0 Å². The van der Waals surface area contributed by atoms with Gasteiger partial charge in [0.25, 0.3) is 5.22 Å². The van der Waals surface area contributed by atoms with Crippen molar-refractivity contribution in [2.75, 3.05) is 7.11 Å². The number of ether oxygens (including phenoxy) is 1. The quantitative estimate of drug-likeness (QED) is 0.356. The predicted molar refractivity (Wildman–Crippen MR) is 121 cm³/mol. The predicted octanol–water partition coefficient (Wildman–Crippen LogP) is 4.88. The molecule has 2 aromatic heterocycles. The molecule has 2 heterocycles. The van der Waals surface area contributed by atoms with Crippen molar-refractivity contribution < 1.29 is 9.15 Å². The van der Waals surface area contributed by atoms with Crippen LogP contribution in [-0.4, -0.2) is 37.9 Å². The molecule has 0 atom stereocenters. The van der Waals surface area contributed by atoms with Crippen LogP contribution < -0.4 is 4.74 Å². The van der Waals surface area contributed by atoms with Crippen LogP contribution in [0.4, 0.5) is 0 Å². The Kier molecular flexibility index (Phi) is 5.63. The Morgan fingerprint density at radius 1 is 0.844 bits per heavy atom. The minimum atomic E-state index is 0.489. The molecule has 0 radical (unpaired) electrons. The highest BCUT2D eigenvalue weighted by atomic mass is 32.2. The summed E-state index contributed by atoms with van der Waals surface area (Å²) in [5, 5.41) is 23.2. The van der Waals surface area contributed by atoms with Crippen molar-refractivity contribution in [3.05, 3.63) is 78.4 Å². The number of benzene rings is 3. The lowest BCUT2D eigenvalue weighted by Gasteiger charge is -2.07. The molecule has 0 spiro atoms. The van der Waals surface area contributed by atoms with Crippen LogP contribution in [-0.2, 0) is 5.75 Å². The molecule has 1 N–H and O–H groups in total. The first kappa shape index (κ1) is 20.0. The van der Waals surface area contributed by atoms with Crippen LogP contribution in [0.25, 0.3) is 34.0 Å². The summed E-state index contributed by atoms with van der Waals surface area (Å²) in [6.07, 6.45) is 0. The van der Waals surface area contributed by atoms with Gasteiger partial charge in [-0.2, -0.15) is 5.21 Å². The lowest BCUT2D eigenvalue weighted by Crippen LogP contribution is -1.88. The molecular formula is C23H18N6O2S. The molecule has 5 rings (SSSR count). The highest BCUT2D eigenvalue weighted by molar-refractivity contribution is 7.98. The minimum Gasteiger partial charge on any atom is -0.497 e. The van der Waals surface area contributed by atoms with E-state index in [-0.39, 0.29) is 0 Å². The maximum absolute atomic E-state index is 5.79. The Hall–Kier alpha value is -3.98. The summed E-state index contributed by atoms with van der Waals surface area (Å²) in [6, 6.07) is 23.9. The second-order valence-electron chi connectivity index (χ2n) is 6.87. The Balaban J connectivity index is 1.27. The number of hydrogen-bond donors (Lipinski definition) is 1. The van der Waals surface area contributed by atoms with E-state index < -0.39 is 0 Å². The number of H-pyrrole nitrogens is 1. The molecule has 32 heavy (non-hydrogen) atoms. The first-order valence-electron chi connectivity index (χ1n) is 9.83. The van der Waals surface area contributed by atoms with E-state index in [4.69, 9.17) is 9.15 Å². The fourth-order valence-corrected chi connectivity index (χ4v) is 3.97. The molecule has 0 unspecified atom stereocenters. The molecule has 0 aliphatic rings. The van der Waals surface area contributed by atoms with E-state index in [1.54, 1.807) is 7.11 Å². The largest absolute Gasteiger partial charge is 0.497 e. The average Bonchev–Trinajstić information content (AvgIpc) is 3.56. The van der Waals surface area contributed by atoms with Crippen molar-refractivity contribution in [3.63, 3.8) is 0 Å². The first-order chi connectivity index (χ1) is 15.8. The lowest BCUT2D eigenvalue weighted by atomic mass is 9.98. The number of hydrogen-bond acceptors (Lipinski definition) is 8. The number of aromatic nitrogens is 6. The smallest absolute Gasteiger partial charge is 0.277 e. The van der Waals surface area contributed by atoms with Crippen LogP contribution in [0.1, 0.15) is 5.56 Å². The van der Waals surface area contributed by atoms with Crippen LogP contribution in [0.15, 0.2) is 82.4 Å². The Morgan fingerprint density at radius 2 is 1.59 bits per heavy atom. The van der Waals surface area contributed by atoms with E-state index in [0.29, 0.717) is 16.9 Å². The van der Waals surface area contributed by atoms with Crippen LogP contribution in [0.3, 0.4) is 0 Å². The van der Waals surface area contributed by atoms with Gasteiger partial charge in [-0.05, 0) is 46.2 Å². The van der Waals surface area contributed by atoms with Crippen LogP contribution in [0.5, 0.6) is 5.75 Å². The van der Waals surface area contributed by atoms with Crippen molar-refractivity contribution in [2.45, 2.75) is 11.0 Å². The Bertz CT molecular complexity index is 1300. The summed E-state index contributed by atoms with van der Waals surface area (Å²) in [5.41, 5.74) is 5.07. The fourth-order valence-electron chi connectivity index (χ4n) is 3.25. The highest BCUT2D eigenvalue weighted by Gasteiger charge is 2.12. The molecule has 5 aromatic rings. The lowest BCUT2D eigenvalue weighted by molar-refractivity contribution is 0.414. The van der Waals surface area contributed by atoms with Crippen molar-refractivity contribution in [1.82, 2.24) is 30.8 Å². The molecule has 0 bridgehead atoms. The van der Waals surface area contributed by atoms with Gasteiger partial charge in [0.15, 0.2) is 0 Å². The van der Waals surface area contributed by atoms with Crippen molar-refractivity contribution in [3.8, 4) is 39.7 Å². The maximum atomic E-state index is 5.79. The van der Waals surface area contributed by atoms with Crippen molar-refractivity contribution in [1.29, 1.82) is 0 Å². The van der Waals surface area contributed by atoms with Crippen LogP contribution >= 0.6 is 11.8 Å². The summed E-state index contributed by atoms with van der Waals surface area (Å²) in [4.78, 5) is 0. The second kappa shape index (κ2) is 9.03. The van der Waals surface area contributed by atoms with E-state index >= 15 is 0 Å². The molecule has 0 saturated heterocycles. The third kappa shape index (κ3) is 4.23. The van der Waals surface area contributed by atoms with Crippen molar-refractivity contribution in [2.24, 2.45) is 0 Å². The summed E-state index contributed by atoms with van der Waals surface area (Å²) < 4.78 is 11.0. The normalized spacial score (nSPS) is 10.9. The average molecular weight is 443 g/mol. The topological polar surface area (TPSA) is 103 Å². The molecule has 0 aliphatic carbocycles. The number of methoxy groups -OCH3 is 1. The van der Waals surface area contributed by atoms with E-state index in [2.05, 4.69) is 61.2 Å². The van der Waals surface area contributed by atoms with Gasteiger partial charge in [0.2, 0.25) is 11.7 Å². The van der Waals surface area contributed by atoms with E-state index in [0.717, 1.165) is 39.3 Å². The number of nitrogens with one attached hydrogen (secondary N) is 1. The van der Waals surface area contributed by atoms with E-state index in [1.807, 2.05) is 42.5 Å². The number of aromatic amines is 1. The van der Waals surface area contributed by atoms with Gasteiger partial charge >= 0.3 is 0 Å². The summed E-state index contributed by atoms with van der Waals surface area (Å²) >= 11 is 1.50. The van der Waals surface area contributed by atoms with Gasteiger partial charge in [-0.15, -0.1) is 20.4 Å². The second-order valence-corrected chi connectivity index (χ2v) is 7.79. The summed E-state index contributed by atoms with van der Waals surface area (Å²) in [6.45, 7) is 0. The zero-order valence-electron chi connectivity index (χ0n) is 17.1. The van der Waals surface area contributed by atoms with Gasteiger partial charge in [0.1, 0.15) is 5.75 Å². The number of tetrazole rings is 1. The SMILES string of the molecule is COc1ccc(-c2nnc(SCc3ccc(-c4ccccc4-c4nn[nH]n4)cc3)o2)cc1. The summed E-state index contributed by atoms with van der Waals surface area (Å²) in [5.74, 6) is 2.57. The minimum absolute atomic E-state index is 0.489. The third-order valence-electron chi connectivity index (χ3n) is 4.88. The monoisotopic (exact) mass is 442 g/mol. The maximum Gasteiger partial charge on any atom is 0.277 e. The highest BCUT2D eigenvalue weighted by Crippen LogP contribution is 2.31. The molecule has 0 saturated carbocycles. The molecule has 3 aromatic carbocycles. The number of rotatable bonds is 7. The summed E-state index contributed by atoms with van der Waals surface area (Å²) in [7, 11) is 1.63. The standard InChI is InChI=1S/C23H18N6O2S/c1-30-18-12-10-17(11-13-18)22-26-27-23(31-22)32-14-15-6-8-16(9-7-15)19-4-2-3-5-20(19)21-24-28-29-25-21/h2-13H,14H2,1H3,(H,24,25,28,29). The van der Waals surface area contributed by atoms with Gasteiger partial charge < -0.3 is 9.15 Å². The van der Waals surface area contributed by atoms with Crippen LogP contribution in [0.2, 0.25) is 0 Å². The molecule has 8 nitrogen and oxygen atoms in total. The fraction of sp³-hybridized carbons (Fsp3) is 0.0870. The van der Waals surface area contributed by atoms with Gasteiger partial charge in [0, 0.05) is 16.9 Å². The van der Waals surface area contributed by atoms with Gasteiger partial charge in [0.05, 0.1) is 7.11 Å². The number of thioether (sulfide) groups is 1. The Labute approximate surface area is 188 Å². The molecule has 0 fully saturated rings. The van der Waals surface area contributed by atoms with Crippen LogP contribution in [0, 0.1) is 0 Å². The molecule has 0 aliphatic heterocycles. The first-order valence-corrected chi connectivity index (χ1v) is 10.8. The third-order valence-corrected chi connectivity index (χ3v) is 5.77. The van der Waals surface area contributed by atoms with Gasteiger partial charge in [-0.25, -0.2) is 0 Å². The van der Waals surface area contributed by atoms with Crippen molar-refractivity contribution >= 4 is 11.8 Å². The molecular weight excluding hydrogens is 424 g/mol. The molecule has 0 amide bonds. The van der Waals surface area contributed by atoms with E-state index in [1.165, 1.54) is 11.8 Å². The number of nitrogens with zero attached hydrogens (tertiary/aromatic N) is 5. The molecule has 9 heteroatoms. The Morgan fingerprint density at radius 3 is 2.31 bits per heavy atom. The van der Waals surface area contributed by atoms with E-state index in [9.17, 15) is 0 Å². The zero-order valence-corrected chi connectivity index (χ0v) is 17.9. The van der Waals surface area contributed by atoms with Gasteiger partial charge in [-0.1, -0.05) is 60.3 Å². The zero-order chi connectivity index (χ0) is 21.8.